The summed E-state index contributed by atoms with van der Waals surface area (Å²) in [7, 11) is 0. The molecule has 3 amide bonds. The number of halogens is 3. The Hall–Kier alpha value is -2.78. The molecule has 31 heavy (non-hydrogen) atoms. The summed E-state index contributed by atoms with van der Waals surface area (Å²) in [5.74, 6) is 0.357. The summed E-state index contributed by atoms with van der Waals surface area (Å²) in [6.45, 7) is 7.34. The molecule has 10 heteroatoms. The number of rotatable bonds is 9. The van der Waals surface area contributed by atoms with E-state index >= 15 is 0 Å². The molecule has 0 saturated carbocycles. The summed E-state index contributed by atoms with van der Waals surface area (Å²) in [5, 5.41) is 8.95. The summed E-state index contributed by atoms with van der Waals surface area (Å²) in [4.78, 5) is 30.0. The van der Waals surface area contributed by atoms with Gasteiger partial charge in [0.25, 0.3) is 5.91 Å². The van der Waals surface area contributed by atoms with Crippen LogP contribution in [0.15, 0.2) is 29.3 Å². The highest BCUT2D eigenvalue weighted by atomic mass is 19.4. The van der Waals surface area contributed by atoms with Crippen molar-refractivity contribution in [2.24, 2.45) is 4.99 Å². The lowest BCUT2D eigenvalue weighted by molar-refractivity contribution is -0.137. The first-order valence-corrected chi connectivity index (χ1v) is 10.4. The zero-order valence-corrected chi connectivity index (χ0v) is 18.1. The van der Waals surface area contributed by atoms with Crippen molar-refractivity contribution in [3.05, 3.63) is 35.4 Å². The molecule has 1 unspecified atom stereocenters. The minimum absolute atomic E-state index is 0.217. The van der Waals surface area contributed by atoms with Crippen molar-refractivity contribution in [3.8, 4) is 0 Å². The summed E-state index contributed by atoms with van der Waals surface area (Å²) < 4.78 is 37.9. The van der Waals surface area contributed by atoms with Crippen molar-refractivity contribution in [2.75, 3.05) is 26.2 Å². The van der Waals surface area contributed by atoms with Crippen molar-refractivity contribution >= 4 is 17.9 Å². The lowest BCUT2D eigenvalue weighted by Gasteiger charge is -2.19. The molecule has 172 valence electrons. The van der Waals surface area contributed by atoms with E-state index in [1.54, 1.807) is 6.92 Å². The molecule has 0 bridgehead atoms. The zero-order valence-electron chi connectivity index (χ0n) is 18.1. The van der Waals surface area contributed by atoms with E-state index in [0.29, 0.717) is 44.9 Å². The second-order valence-electron chi connectivity index (χ2n) is 7.56. The van der Waals surface area contributed by atoms with Gasteiger partial charge in [-0.1, -0.05) is 19.1 Å². The van der Waals surface area contributed by atoms with Crippen molar-refractivity contribution < 1.29 is 22.8 Å². The SMILES string of the molecule is CCNC(=NCCCN1C(=O)NC(C)(CC)C1=O)NCCc1ccc(C(F)(F)F)cc1. The Balaban J connectivity index is 1.80. The molecule has 0 radical (unpaired) electrons. The molecule has 2 rings (SSSR count). The topological polar surface area (TPSA) is 85.8 Å². The van der Waals surface area contributed by atoms with Crippen LogP contribution in [0.1, 0.15) is 44.7 Å². The fourth-order valence-corrected chi connectivity index (χ4v) is 3.14. The van der Waals surface area contributed by atoms with Crippen LogP contribution in [0, 0.1) is 0 Å². The van der Waals surface area contributed by atoms with Gasteiger partial charge in [-0.25, -0.2) is 4.79 Å². The Bertz CT molecular complexity index is 795. The Morgan fingerprint density at radius 3 is 2.39 bits per heavy atom. The molecule has 1 aliphatic heterocycles. The number of nitrogens with one attached hydrogen (secondary N) is 3. The van der Waals surface area contributed by atoms with Gasteiger partial charge in [-0.05, 0) is 50.8 Å². The van der Waals surface area contributed by atoms with Crippen LogP contribution in [0.2, 0.25) is 0 Å². The van der Waals surface area contributed by atoms with Crippen LogP contribution in [0.3, 0.4) is 0 Å². The molecule has 3 N–H and O–H groups in total. The number of hydrogen-bond acceptors (Lipinski definition) is 3. The number of amides is 3. The number of hydrogen-bond donors (Lipinski definition) is 3. The number of benzene rings is 1. The van der Waals surface area contributed by atoms with Crippen LogP contribution >= 0.6 is 0 Å². The van der Waals surface area contributed by atoms with Gasteiger partial charge >= 0.3 is 12.2 Å². The Morgan fingerprint density at radius 2 is 1.84 bits per heavy atom. The summed E-state index contributed by atoms with van der Waals surface area (Å²) >= 11 is 0. The number of carbonyl (C=O) groups excluding carboxylic acids is 2. The molecule has 1 saturated heterocycles. The Morgan fingerprint density at radius 1 is 1.16 bits per heavy atom. The first-order chi connectivity index (χ1) is 14.6. The molecule has 7 nitrogen and oxygen atoms in total. The third-order valence-electron chi connectivity index (χ3n) is 5.19. The van der Waals surface area contributed by atoms with E-state index in [1.165, 1.54) is 17.0 Å². The first-order valence-electron chi connectivity index (χ1n) is 10.4. The second-order valence-corrected chi connectivity index (χ2v) is 7.56. The maximum absolute atomic E-state index is 12.6. The number of urea groups is 1. The number of imide groups is 1. The van der Waals surface area contributed by atoms with Gasteiger partial charge in [-0.15, -0.1) is 0 Å². The second kappa shape index (κ2) is 10.5. The van der Waals surface area contributed by atoms with Crippen LogP contribution < -0.4 is 16.0 Å². The number of carbonyl (C=O) groups is 2. The monoisotopic (exact) mass is 441 g/mol. The molecule has 1 aliphatic rings. The largest absolute Gasteiger partial charge is 0.416 e. The van der Waals surface area contributed by atoms with Gasteiger partial charge in [-0.2, -0.15) is 13.2 Å². The molecule has 1 fully saturated rings. The highest BCUT2D eigenvalue weighted by Gasteiger charge is 2.45. The quantitative estimate of drug-likeness (QED) is 0.238. The molecule has 1 heterocycles. The Kier molecular flexibility index (Phi) is 8.29. The van der Waals surface area contributed by atoms with Gasteiger partial charge in [0, 0.05) is 26.2 Å². The van der Waals surface area contributed by atoms with E-state index in [9.17, 15) is 22.8 Å². The van der Waals surface area contributed by atoms with Crippen molar-refractivity contribution in [1.29, 1.82) is 0 Å². The molecule has 0 spiro atoms. The van der Waals surface area contributed by atoms with E-state index in [2.05, 4.69) is 20.9 Å². The smallest absolute Gasteiger partial charge is 0.357 e. The lowest BCUT2D eigenvalue weighted by atomic mass is 9.99. The zero-order chi connectivity index (χ0) is 23.1. The van der Waals surface area contributed by atoms with Crippen LogP contribution in [0.4, 0.5) is 18.0 Å². The minimum atomic E-state index is -4.34. The molecular formula is C21H30F3N5O2. The summed E-state index contributed by atoms with van der Waals surface area (Å²) in [6, 6.07) is 4.72. The third-order valence-corrected chi connectivity index (χ3v) is 5.19. The molecule has 0 aromatic heterocycles. The number of aliphatic imine (C=N–C) groups is 1. The van der Waals surface area contributed by atoms with E-state index in [1.807, 2.05) is 13.8 Å². The molecule has 1 atom stereocenters. The third kappa shape index (κ3) is 6.60. The maximum Gasteiger partial charge on any atom is 0.416 e. The average Bonchev–Trinajstić information content (AvgIpc) is 2.94. The minimum Gasteiger partial charge on any atom is -0.357 e. The van der Waals surface area contributed by atoms with Gasteiger partial charge in [-0.3, -0.25) is 14.7 Å². The van der Waals surface area contributed by atoms with E-state index in [0.717, 1.165) is 17.7 Å². The molecule has 0 aliphatic carbocycles. The first kappa shape index (κ1) is 24.5. The standard InChI is InChI=1S/C21H30F3N5O2/c1-4-20(3)17(30)29(19(31)28-20)14-6-12-26-18(25-5-2)27-13-11-15-7-9-16(10-8-15)21(22,23)24/h7-10H,4-6,11-14H2,1-3H3,(H,28,31)(H2,25,26,27). The van der Waals surface area contributed by atoms with E-state index in [-0.39, 0.29) is 18.5 Å². The van der Waals surface area contributed by atoms with E-state index < -0.39 is 17.3 Å². The Labute approximate surface area is 180 Å². The van der Waals surface area contributed by atoms with E-state index in [4.69, 9.17) is 0 Å². The lowest BCUT2D eigenvalue weighted by Crippen LogP contribution is -2.43. The van der Waals surface area contributed by atoms with Crippen molar-refractivity contribution in [2.45, 2.75) is 51.7 Å². The van der Waals surface area contributed by atoms with Crippen LogP contribution in [-0.4, -0.2) is 54.5 Å². The molecular weight excluding hydrogens is 411 g/mol. The highest BCUT2D eigenvalue weighted by molar-refractivity contribution is 6.06. The highest BCUT2D eigenvalue weighted by Crippen LogP contribution is 2.29. The fraction of sp³-hybridized carbons (Fsp3) is 0.571. The normalized spacial score (nSPS) is 19.5. The van der Waals surface area contributed by atoms with Gasteiger partial charge in [0.2, 0.25) is 0 Å². The van der Waals surface area contributed by atoms with Crippen molar-refractivity contribution in [1.82, 2.24) is 20.9 Å². The number of guanidine groups is 1. The van der Waals surface area contributed by atoms with Crippen LogP contribution in [-0.2, 0) is 17.4 Å². The molecule has 1 aromatic rings. The maximum atomic E-state index is 12.6. The predicted octanol–water partition coefficient (Wildman–Crippen LogP) is 2.91. The average molecular weight is 441 g/mol. The summed E-state index contributed by atoms with van der Waals surface area (Å²) in [5.41, 5.74) is -0.716. The van der Waals surface area contributed by atoms with Gasteiger partial charge < -0.3 is 16.0 Å². The van der Waals surface area contributed by atoms with Crippen molar-refractivity contribution in [3.63, 3.8) is 0 Å². The molecule has 1 aromatic carbocycles. The number of nitrogens with zero attached hydrogens (tertiary/aromatic N) is 2. The van der Waals surface area contributed by atoms with Crippen LogP contribution in [0.25, 0.3) is 0 Å². The fourth-order valence-electron chi connectivity index (χ4n) is 3.14. The van der Waals surface area contributed by atoms with Crippen LogP contribution in [0.5, 0.6) is 0 Å². The van der Waals surface area contributed by atoms with Gasteiger partial charge in [0.15, 0.2) is 5.96 Å². The van der Waals surface area contributed by atoms with Gasteiger partial charge in [0.05, 0.1) is 5.56 Å². The summed E-state index contributed by atoms with van der Waals surface area (Å²) in [6.07, 6.45) is -2.74. The van der Waals surface area contributed by atoms with Gasteiger partial charge in [0.1, 0.15) is 5.54 Å². The predicted molar refractivity (Wildman–Crippen MR) is 113 cm³/mol. The number of alkyl halides is 3.